The lowest BCUT2D eigenvalue weighted by Crippen LogP contribution is -2.45. The minimum absolute atomic E-state index is 0.0726. The molecule has 0 radical (unpaired) electrons. The Bertz CT molecular complexity index is 677. The van der Waals surface area contributed by atoms with Crippen molar-refractivity contribution in [2.45, 2.75) is 0 Å². The van der Waals surface area contributed by atoms with Crippen LogP contribution in [0.3, 0.4) is 0 Å². The molecule has 8 heteroatoms. The van der Waals surface area contributed by atoms with E-state index in [0.717, 1.165) is 45.1 Å². The van der Waals surface area contributed by atoms with Crippen molar-refractivity contribution in [1.82, 2.24) is 20.2 Å². The van der Waals surface area contributed by atoms with Crippen molar-refractivity contribution < 1.29 is 4.39 Å². The van der Waals surface area contributed by atoms with Crippen LogP contribution in [-0.4, -0.2) is 54.1 Å². The summed E-state index contributed by atoms with van der Waals surface area (Å²) >= 11 is 5.78. The molecule has 1 aliphatic heterocycles. The highest BCUT2D eigenvalue weighted by Gasteiger charge is 2.08. The van der Waals surface area contributed by atoms with Crippen molar-refractivity contribution in [3.8, 4) is 0 Å². The van der Waals surface area contributed by atoms with Crippen LogP contribution in [0.1, 0.15) is 0 Å². The Morgan fingerprint density at radius 1 is 1.17 bits per heavy atom. The van der Waals surface area contributed by atoms with E-state index >= 15 is 0 Å². The lowest BCUT2D eigenvalue weighted by molar-refractivity contribution is 0.249. The summed E-state index contributed by atoms with van der Waals surface area (Å²) in [4.78, 5) is 10.8. The van der Waals surface area contributed by atoms with E-state index in [0.29, 0.717) is 11.5 Å². The van der Waals surface area contributed by atoms with E-state index in [4.69, 9.17) is 11.6 Å². The monoisotopic (exact) mass is 350 g/mol. The van der Waals surface area contributed by atoms with Crippen LogP contribution in [-0.2, 0) is 0 Å². The zero-order valence-electron chi connectivity index (χ0n) is 13.2. The Hall–Kier alpha value is -1.96. The summed E-state index contributed by atoms with van der Waals surface area (Å²) in [7, 11) is 0. The molecule has 3 rings (SSSR count). The van der Waals surface area contributed by atoms with Crippen LogP contribution in [0.15, 0.2) is 30.6 Å². The zero-order chi connectivity index (χ0) is 16.8. The van der Waals surface area contributed by atoms with Crippen LogP contribution < -0.4 is 16.0 Å². The number of piperazine rings is 1. The van der Waals surface area contributed by atoms with Gasteiger partial charge in [-0.05, 0) is 18.2 Å². The summed E-state index contributed by atoms with van der Waals surface area (Å²) in [6, 6.07) is 6.27. The molecule has 1 saturated heterocycles. The number of halogens is 2. The maximum Gasteiger partial charge on any atom is 0.141 e. The second kappa shape index (κ2) is 8.23. The molecule has 0 spiro atoms. The predicted molar refractivity (Wildman–Crippen MR) is 94.5 cm³/mol. The number of aromatic nitrogens is 2. The number of nitrogens with one attached hydrogen (secondary N) is 3. The molecular weight excluding hydrogens is 331 g/mol. The smallest absolute Gasteiger partial charge is 0.141 e. The van der Waals surface area contributed by atoms with Crippen LogP contribution >= 0.6 is 11.6 Å². The SMILES string of the molecule is Fc1ccc(Nc2cc(NCCN3CCNCC3)ncn2)cc1Cl. The van der Waals surface area contributed by atoms with Crippen molar-refractivity contribution in [3.63, 3.8) is 0 Å². The molecular formula is C16H20ClFN6. The lowest BCUT2D eigenvalue weighted by Gasteiger charge is -2.27. The average Bonchev–Trinajstić information content (AvgIpc) is 2.60. The molecule has 2 aromatic rings. The molecule has 24 heavy (non-hydrogen) atoms. The molecule has 3 N–H and O–H groups in total. The molecule has 0 bridgehead atoms. The fourth-order valence-corrected chi connectivity index (χ4v) is 2.70. The van der Waals surface area contributed by atoms with Crippen LogP contribution in [0.5, 0.6) is 0 Å². The summed E-state index contributed by atoms with van der Waals surface area (Å²) in [5.74, 6) is 0.924. The van der Waals surface area contributed by atoms with Crippen LogP contribution in [0.4, 0.5) is 21.7 Å². The van der Waals surface area contributed by atoms with Crippen LogP contribution in [0.25, 0.3) is 0 Å². The van der Waals surface area contributed by atoms with Crippen molar-refractivity contribution in [3.05, 3.63) is 41.4 Å². The Kier molecular flexibility index (Phi) is 5.79. The fraction of sp³-hybridized carbons (Fsp3) is 0.375. The first-order valence-electron chi connectivity index (χ1n) is 7.92. The van der Waals surface area contributed by atoms with Gasteiger partial charge in [-0.15, -0.1) is 0 Å². The van der Waals surface area contributed by atoms with Crippen molar-refractivity contribution in [2.75, 3.05) is 49.9 Å². The molecule has 0 atom stereocenters. The third-order valence-electron chi connectivity index (χ3n) is 3.80. The second-order valence-corrected chi connectivity index (χ2v) is 5.97. The van der Waals surface area contributed by atoms with E-state index in [1.165, 1.54) is 18.5 Å². The minimum atomic E-state index is -0.444. The van der Waals surface area contributed by atoms with Gasteiger partial charge in [0.2, 0.25) is 0 Å². The molecule has 1 aliphatic rings. The maximum atomic E-state index is 13.2. The molecule has 6 nitrogen and oxygen atoms in total. The van der Waals surface area contributed by atoms with E-state index in [2.05, 4.69) is 30.8 Å². The molecule has 0 aliphatic carbocycles. The molecule has 1 aromatic carbocycles. The Morgan fingerprint density at radius 3 is 2.75 bits per heavy atom. The largest absolute Gasteiger partial charge is 0.369 e. The quantitative estimate of drug-likeness (QED) is 0.743. The Balaban J connectivity index is 1.54. The topological polar surface area (TPSA) is 65.1 Å². The van der Waals surface area contributed by atoms with Gasteiger partial charge in [-0.1, -0.05) is 11.6 Å². The van der Waals surface area contributed by atoms with Gasteiger partial charge < -0.3 is 16.0 Å². The van der Waals surface area contributed by atoms with Gasteiger partial charge in [-0.3, -0.25) is 4.90 Å². The number of rotatable bonds is 6. The van der Waals surface area contributed by atoms with Crippen LogP contribution in [0, 0.1) is 5.82 Å². The van der Waals surface area contributed by atoms with E-state index in [-0.39, 0.29) is 5.02 Å². The molecule has 1 fully saturated rings. The van der Waals surface area contributed by atoms with Gasteiger partial charge in [0.25, 0.3) is 0 Å². The molecule has 1 aromatic heterocycles. The number of nitrogens with zero attached hydrogens (tertiary/aromatic N) is 3. The first-order valence-corrected chi connectivity index (χ1v) is 8.29. The molecule has 0 unspecified atom stereocenters. The van der Waals surface area contributed by atoms with E-state index in [1.54, 1.807) is 6.07 Å². The minimum Gasteiger partial charge on any atom is -0.369 e. The van der Waals surface area contributed by atoms with Gasteiger partial charge in [0.1, 0.15) is 23.8 Å². The van der Waals surface area contributed by atoms with Crippen molar-refractivity contribution in [1.29, 1.82) is 0 Å². The highest BCUT2D eigenvalue weighted by molar-refractivity contribution is 6.31. The molecule has 0 amide bonds. The first-order chi connectivity index (χ1) is 11.7. The van der Waals surface area contributed by atoms with Gasteiger partial charge in [-0.2, -0.15) is 0 Å². The van der Waals surface area contributed by atoms with Gasteiger partial charge >= 0.3 is 0 Å². The summed E-state index contributed by atoms with van der Waals surface area (Å²) in [5.41, 5.74) is 0.673. The summed E-state index contributed by atoms with van der Waals surface area (Å²) in [5, 5.41) is 9.80. The summed E-state index contributed by atoms with van der Waals surface area (Å²) in [6.45, 7) is 6.03. The van der Waals surface area contributed by atoms with Gasteiger partial charge in [0.05, 0.1) is 5.02 Å². The summed E-state index contributed by atoms with van der Waals surface area (Å²) < 4.78 is 13.2. The average molecular weight is 351 g/mol. The molecule has 128 valence electrons. The van der Waals surface area contributed by atoms with E-state index < -0.39 is 5.82 Å². The van der Waals surface area contributed by atoms with E-state index in [1.807, 2.05) is 6.07 Å². The predicted octanol–water partition coefficient (Wildman–Crippen LogP) is 2.33. The maximum absolute atomic E-state index is 13.2. The standard InChI is InChI=1S/C16H20ClFN6/c17-13-9-12(1-2-14(13)18)23-16-10-15(21-11-22-16)20-5-8-24-6-3-19-4-7-24/h1-2,9-11,19H,3-8H2,(H2,20,21,22,23). The molecule has 0 saturated carbocycles. The third-order valence-corrected chi connectivity index (χ3v) is 4.09. The fourth-order valence-electron chi connectivity index (χ4n) is 2.52. The zero-order valence-corrected chi connectivity index (χ0v) is 14.0. The van der Waals surface area contributed by atoms with Crippen LogP contribution in [0.2, 0.25) is 5.02 Å². The third kappa shape index (κ3) is 4.77. The highest BCUT2D eigenvalue weighted by atomic mass is 35.5. The number of hydrogen-bond donors (Lipinski definition) is 3. The number of hydrogen-bond acceptors (Lipinski definition) is 6. The Labute approximate surface area is 145 Å². The second-order valence-electron chi connectivity index (χ2n) is 5.56. The Morgan fingerprint density at radius 2 is 1.96 bits per heavy atom. The molecule has 2 heterocycles. The van der Waals surface area contributed by atoms with Crippen molar-refractivity contribution in [2.24, 2.45) is 0 Å². The van der Waals surface area contributed by atoms with Gasteiger partial charge in [0.15, 0.2) is 0 Å². The van der Waals surface area contributed by atoms with Gasteiger partial charge in [0, 0.05) is 51.0 Å². The van der Waals surface area contributed by atoms with Gasteiger partial charge in [-0.25, -0.2) is 14.4 Å². The number of anilines is 3. The van der Waals surface area contributed by atoms with E-state index in [9.17, 15) is 4.39 Å². The lowest BCUT2D eigenvalue weighted by atomic mass is 10.3. The summed E-state index contributed by atoms with van der Waals surface area (Å²) in [6.07, 6.45) is 1.49. The normalized spacial score (nSPS) is 15.2. The highest BCUT2D eigenvalue weighted by Crippen LogP contribution is 2.22. The first kappa shape index (κ1) is 16.9. The number of benzene rings is 1. The van der Waals surface area contributed by atoms with Crippen molar-refractivity contribution >= 4 is 28.9 Å².